The third-order valence-corrected chi connectivity index (χ3v) is 4.69. The van der Waals surface area contributed by atoms with Crippen molar-refractivity contribution < 1.29 is 13.2 Å². The number of nitrogens with one attached hydrogen (secondary N) is 2. The van der Waals surface area contributed by atoms with Crippen LogP contribution in [0.1, 0.15) is 12.0 Å². The second-order valence-corrected chi connectivity index (χ2v) is 6.39. The molecular weight excluding hydrogens is 264 g/mol. The van der Waals surface area contributed by atoms with Gasteiger partial charge in [0.15, 0.2) is 0 Å². The Morgan fingerprint density at radius 1 is 1.32 bits per heavy atom. The van der Waals surface area contributed by atoms with E-state index in [0.29, 0.717) is 18.1 Å². The zero-order valence-electron chi connectivity index (χ0n) is 11.1. The fourth-order valence-corrected chi connectivity index (χ4v) is 3.27. The Bertz CT molecular complexity index is 493. The first-order valence-corrected chi connectivity index (χ1v) is 7.94. The van der Waals surface area contributed by atoms with E-state index >= 15 is 0 Å². The van der Waals surface area contributed by atoms with Crippen LogP contribution in [0.15, 0.2) is 29.2 Å². The molecule has 0 aromatic heterocycles. The molecule has 1 fully saturated rings. The summed E-state index contributed by atoms with van der Waals surface area (Å²) in [6, 6.07) is 6.93. The average Bonchev–Trinajstić information content (AvgIpc) is 2.89. The maximum Gasteiger partial charge on any atom is 0.240 e. The molecule has 6 heteroatoms. The number of benzene rings is 1. The maximum absolute atomic E-state index is 12.1. The Morgan fingerprint density at radius 3 is 2.63 bits per heavy atom. The third-order valence-electron chi connectivity index (χ3n) is 3.15. The molecule has 5 nitrogen and oxygen atoms in total. The van der Waals surface area contributed by atoms with Gasteiger partial charge in [0, 0.05) is 12.6 Å². The summed E-state index contributed by atoms with van der Waals surface area (Å²) in [7, 11) is -1.53. The van der Waals surface area contributed by atoms with Crippen LogP contribution in [0.2, 0.25) is 0 Å². The summed E-state index contributed by atoms with van der Waals surface area (Å²) in [6.45, 7) is 1.96. The van der Waals surface area contributed by atoms with Crippen molar-refractivity contribution in [1.29, 1.82) is 0 Å². The van der Waals surface area contributed by atoms with E-state index in [4.69, 9.17) is 4.74 Å². The summed E-state index contributed by atoms with van der Waals surface area (Å²) in [5.41, 5.74) is 1.12. The van der Waals surface area contributed by atoms with Gasteiger partial charge < -0.3 is 10.1 Å². The largest absolute Gasteiger partial charge is 0.380 e. The molecular formula is C13H20N2O3S. The fraction of sp³-hybridized carbons (Fsp3) is 0.538. The third kappa shape index (κ3) is 4.01. The van der Waals surface area contributed by atoms with E-state index in [9.17, 15) is 8.42 Å². The lowest BCUT2D eigenvalue weighted by molar-refractivity contribution is 0.192. The minimum absolute atomic E-state index is 0.103. The number of hydrogen-bond donors (Lipinski definition) is 2. The van der Waals surface area contributed by atoms with Crippen LogP contribution in [0.4, 0.5) is 0 Å². The molecule has 1 aromatic rings. The first-order valence-electron chi connectivity index (χ1n) is 6.45. The molecule has 106 valence electrons. The van der Waals surface area contributed by atoms with E-state index in [2.05, 4.69) is 10.0 Å². The lowest BCUT2D eigenvalue weighted by Gasteiger charge is -2.11. The van der Waals surface area contributed by atoms with Gasteiger partial charge in [-0.2, -0.15) is 0 Å². The number of ether oxygens (including phenoxy) is 1. The SMILES string of the molecule is CNCCc1ccc(S(=O)(=O)NC2CCOC2)cc1. The summed E-state index contributed by atoms with van der Waals surface area (Å²) in [5, 5.41) is 3.06. The second-order valence-electron chi connectivity index (χ2n) is 4.68. The first-order chi connectivity index (χ1) is 9.12. The molecule has 0 spiro atoms. The Morgan fingerprint density at radius 2 is 2.05 bits per heavy atom. The monoisotopic (exact) mass is 284 g/mol. The van der Waals surface area contributed by atoms with Crippen molar-refractivity contribution in [1.82, 2.24) is 10.0 Å². The summed E-state index contributed by atoms with van der Waals surface area (Å²) >= 11 is 0. The molecule has 0 bridgehead atoms. The lowest BCUT2D eigenvalue weighted by Crippen LogP contribution is -2.34. The molecule has 1 heterocycles. The molecule has 2 N–H and O–H groups in total. The number of rotatable bonds is 6. The summed E-state index contributed by atoms with van der Waals surface area (Å²) < 4.78 is 32.1. The van der Waals surface area contributed by atoms with Gasteiger partial charge in [0.1, 0.15) is 0 Å². The highest BCUT2D eigenvalue weighted by Crippen LogP contribution is 2.13. The van der Waals surface area contributed by atoms with Crippen molar-refractivity contribution in [2.24, 2.45) is 0 Å². The van der Waals surface area contributed by atoms with Crippen molar-refractivity contribution in [2.45, 2.75) is 23.8 Å². The topological polar surface area (TPSA) is 67.4 Å². The van der Waals surface area contributed by atoms with E-state index in [-0.39, 0.29) is 6.04 Å². The molecule has 19 heavy (non-hydrogen) atoms. The quantitative estimate of drug-likeness (QED) is 0.799. The van der Waals surface area contributed by atoms with E-state index in [1.54, 1.807) is 12.1 Å². The standard InChI is InChI=1S/C13H20N2O3S/c1-14-8-6-11-2-4-13(5-3-11)19(16,17)15-12-7-9-18-10-12/h2-5,12,14-15H,6-10H2,1H3. The predicted molar refractivity (Wildman–Crippen MR) is 73.6 cm³/mol. The van der Waals surface area contributed by atoms with Crippen molar-refractivity contribution >= 4 is 10.0 Å². The van der Waals surface area contributed by atoms with Crippen LogP contribution in [0.3, 0.4) is 0 Å². The van der Waals surface area contributed by atoms with Gasteiger partial charge in [-0.05, 0) is 44.1 Å². The lowest BCUT2D eigenvalue weighted by atomic mass is 10.1. The van der Waals surface area contributed by atoms with E-state index in [0.717, 1.165) is 24.9 Å². The number of sulfonamides is 1. The zero-order valence-corrected chi connectivity index (χ0v) is 11.9. The van der Waals surface area contributed by atoms with Crippen LogP contribution in [-0.4, -0.2) is 41.3 Å². The van der Waals surface area contributed by atoms with Crippen molar-refractivity contribution in [3.05, 3.63) is 29.8 Å². The second kappa shape index (κ2) is 6.47. The van der Waals surface area contributed by atoms with E-state index < -0.39 is 10.0 Å². The molecule has 1 aliphatic heterocycles. The van der Waals surface area contributed by atoms with Crippen LogP contribution in [0.25, 0.3) is 0 Å². The minimum atomic E-state index is -3.43. The van der Waals surface area contributed by atoms with Gasteiger partial charge in [0.05, 0.1) is 11.5 Å². The molecule has 1 aromatic carbocycles. The Labute approximate surface area is 114 Å². The smallest absolute Gasteiger partial charge is 0.240 e. The van der Waals surface area contributed by atoms with Crippen LogP contribution in [0.5, 0.6) is 0 Å². The maximum atomic E-state index is 12.1. The fourth-order valence-electron chi connectivity index (χ4n) is 2.02. The summed E-state index contributed by atoms with van der Waals surface area (Å²) in [6.07, 6.45) is 1.63. The van der Waals surface area contributed by atoms with Crippen LogP contribution in [0, 0.1) is 0 Å². The average molecular weight is 284 g/mol. The highest BCUT2D eigenvalue weighted by atomic mass is 32.2. The molecule has 1 aliphatic rings. The normalized spacial score (nSPS) is 19.7. The van der Waals surface area contributed by atoms with Gasteiger partial charge >= 0.3 is 0 Å². The van der Waals surface area contributed by atoms with E-state index in [1.165, 1.54) is 0 Å². The molecule has 0 radical (unpaired) electrons. The van der Waals surface area contributed by atoms with Crippen LogP contribution >= 0.6 is 0 Å². The van der Waals surface area contributed by atoms with Gasteiger partial charge in [0.2, 0.25) is 10.0 Å². The van der Waals surface area contributed by atoms with Crippen molar-refractivity contribution in [3.63, 3.8) is 0 Å². The van der Waals surface area contributed by atoms with Gasteiger partial charge in [-0.3, -0.25) is 0 Å². The molecule has 1 unspecified atom stereocenters. The van der Waals surface area contributed by atoms with Crippen LogP contribution in [-0.2, 0) is 21.2 Å². The molecule has 2 rings (SSSR count). The zero-order chi connectivity index (χ0) is 13.7. The predicted octanol–water partition coefficient (Wildman–Crippen LogP) is 0.516. The highest BCUT2D eigenvalue weighted by Gasteiger charge is 2.23. The van der Waals surface area contributed by atoms with Gasteiger partial charge in [0.25, 0.3) is 0 Å². The molecule has 0 amide bonds. The Hall–Kier alpha value is -0.950. The van der Waals surface area contributed by atoms with Crippen molar-refractivity contribution in [2.75, 3.05) is 26.8 Å². The highest BCUT2D eigenvalue weighted by molar-refractivity contribution is 7.89. The van der Waals surface area contributed by atoms with Crippen LogP contribution < -0.4 is 10.0 Å². The minimum Gasteiger partial charge on any atom is -0.380 e. The Kier molecular flexibility index (Phi) is 4.93. The molecule has 0 aliphatic carbocycles. The Balaban J connectivity index is 2.03. The van der Waals surface area contributed by atoms with Gasteiger partial charge in [-0.25, -0.2) is 13.1 Å². The molecule has 1 saturated heterocycles. The molecule has 0 saturated carbocycles. The van der Waals surface area contributed by atoms with E-state index in [1.807, 2.05) is 19.2 Å². The van der Waals surface area contributed by atoms with Crippen molar-refractivity contribution in [3.8, 4) is 0 Å². The molecule has 1 atom stereocenters. The number of likely N-dealkylation sites (N-methyl/N-ethyl adjacent to an activating group) is 1. The first kappa shape index (κ1) is 14.5. The van der Waals surface area contributed by atoms with Gasteiger partial charge in [-0.15, -0.1) is 0 Å². The summed E-state index contributed by atoms with van der Waals surface area (Å²) in [5.74, 6) is 0. The number of hydrogen-bond acceptors (Lipinski definition) is 4. The van der Waals surface area contributed by atoms with Gasteiger partial charge in [-0.1, -0.05) is 12.1 Å². The summed E-state index contributed by atoms with van der Waals surface area (Å²) in [4.78, 5) is 0.313.